The van der Waals surface area contributed by atoms with Crippen molar-refractivity contribution in [1.82, 2.24) is 4.90 Å². The van der Waals surface area contributed by atoms with E-state index in [1.807, 2.05) is 18.2 Å². The molecule has 0 radical (unpaired) electrons. The molecular formula is C23H26BrN3O2. The van der Waals surface area contributed by atoms with Crippen LogP contribution in [0.5, 0.6) is 0 Å². The molecule has 1 N–H and O–H groups in total. The van der Waals surface area contributed by atoms with Crippen molar-refractivity contribution in [2.45, 2.75) is 25.7 Å². The quantitative estimate of drug-likeness (QED) is 0.665. The monoisotopic (exact) mass is 455 g/mol. The molecule has 29 heavy (non-hydrogen) atoms. The second kappa shape index (κ2) is 9.09. The van der Waals surface area contributed by atoms with Crippen LogP contribution >= 0.6 is 15.9 Å². The number of rotatable bonds is 6. The highest BCUT2D eigenvalue weighted by molar-refractivity contribution is 9.10. The van der Waals surface area contributed by atoms with Crippen LogP contribution < -0.4 is 10.2 Å². The number of benzene rings is 2. The maximum atomic E-state index is 12.6. The summed E-state index contributed by atoms with van der Waals surface area (Å²) in [6.45, 7) is 5.06. The van der Waals surface area contributed by atoms with Crippen LogP contribution in [0.15, 0.2) is 46.9 Å². The number of ketones is 1. The predicted octanol–water partition coefficient (Wildman–Crippen LogP) is 4.12. The first-order valence-electron chi connectivity index (χ1n) is 10.3. The number of aryl methyl sites for hydroxylation is 1. The van der Waals surface area contributed by atoms with Gasteiger partial charge in [0.2, 0.25) is 5.91 Å². The molecule has 1 saturated heterocycles. The second-order valence-corrected chi connectivity index (χ2v) is 8.67. The molecule has 2 aliphatic heterocycles. The van der Waals surface area contributed by atoms with Crippen molar-refractivity contribution in [2.24, 2.45) is 0 Å². The smallest absolute Gasteiger partial charge is 0.224 e. The van der Waals surface area contributed by atoms with Gasteiger partial charge in [0.1, 0.15) is 0 Å². The predicted molar refractivity (Wildman–Crippen MR) is 120 cm³/mol. The van der Waals surface area contributed by atoms with Gasteiger partial charge in [-0.25, -0.2) is 0 Å². The molecule has 5 nitrogen and oxygen atoms in total. The zero-order valence-electron chi connectivity index (χ0n) is 16.5. The van der Waals surface area contributed by atoms with Crippen molar-refractivity contribution in [3.63, 3.8) is 0 Å². The average Bonchev–Trinajstić information content (AvgIpc) is 2.74. The highest BCUT2D eigenvalue weighted by Gasteiger charge is 2.19. The number of carbonyl (C=O) groups excluding carboxylic acids is 2. The van der Waals surface area contributed by atoms with Crippen LogP contribution in [0.1, 0.15) is 35.2 Å². The van der Waals surface area contributed by atoms with Gasteiger partial charge in [0.25, 0.3) is 0 Å². The van der Waals surface area contributed by atoms with Crippen LogP contribution in [-0.2, 0) is 11.2 Å². The van der Waals surface area contributed by atoms with Crippen LogP contribution in [0.25, 0.3) is 0 Å². The number of hydrogen-bond donors (Lipinski definition) is 1. The van der Waals surface area contributed by atoms with Gasteiger partial charge in [0.05, 0.1) is 0 Å². The Morgan fingerprint density at radius 2 is 1.76 bits per heavy atom. The number of Topliss-reactive ketones (excluding diaryl/α,β-unsaturated/α-hetero) is 1. The van der Waals surface area contributed by atoms with Gasteiger partial charge in [0, 0.05) is 60.4 Å². The molecule has 152 valence electrons. The molecule has 0 unspecified atom stereocenters. The summed E-state index contributed by atoms with van der Waals surface area (Å²) in [6.07, 6.45) is 2.66. The third-order valence-electron chi connectivity index (χ3n) is 5.76. The third-order valence-corrected chi connectivity index (χ3v) is 6.29. The second-order valence-electron chi connectivity index (χ2n) is 7.75. The molecule has 2 heterocycles. The number of halogens is 1. The van der Waals surface area contributed by atoms with Crippen LogP contribution in [0.2, 0.25) is 0 Å². The summed E-state index contributed by atoms with van der Waals surface area (Å²) in [5, 5.41) is 2.87. The Morgan fingerprint density at radius 3 is 2.52 bits per heavy atom. The fourth-order valence-electron chi connectivity index (χ4n) is 4.05. The van der Waals surface area contributed by atoms with Crippen molar-refractivity contribution in [3.05, 3.63) is 58.1 Å². The van der Waals surface area contributed by atoms with Crippen LogP contribution in [0.4, 0.5) is 11.4 Å². The molecule has 1 fully saturated rings. The van der Waals surface area contributed by atoms with Gasteiger partial charge in [-0.15, -0.1) is 0 Å². The first kappa shape index (κ1) is 20.1. The number of anilines is 2. The Labute approximate surface area is 180 Å². The molecule has 1 amide bonds. The van der Waals surface area contributed by atoms with E-state index in [-0.39, 0.29) is 11.7 Å². The molecule has 0 bridgehead atoms. The van der Waals surface area contributed by atoms with E-state index in [0.29, 0.717) is 19.3 Å². The lowest BCUT2D eigenvalue weighted by Crippen LogP contribution is -2.46. The maximum absolute atomic E-state index is 12.6. The van der Waals surface area contributed by atoms with E-state index in [1.54, 1.807) is 0 Å². The van der Waals surface area contributed by atoms with Crippen LogP contribution in [-0.4, -0.2) is 49.3 Å². The molecule has 0 aliphatic carbocycles. The average molecular weight is 456 g/mol. The van der Waals surface area contributed by atoms with Gasteiger partial charge in [-0.1, -0.05) is 15.9 Å². The first-order chi connectivity index (χ1) is 14.1. The van der Waals surface area contributed by atoms with E-state index in [0.717, 1.165) is 60.4 Å². The van der Waals surface area contributed by atoms with Gasteiger partial charge >= 0.3 is 0 Å². The largest absolute Gasteiger partial charge is 0.369 e. The Morgan fingerprint density at radius 1 is 1.00 bits per heavy atom. The van der Waals surface area contributed by atoms with Crippen molar-refractivity contribution < 1.29 is 9.59 Å². The summed E-state index contributed by atoms with van der Waals surface area (Å²) < 4.78 is 1.10. The molecular weight excluding hydrogens is 430 g/mol. The molecule has 2 aromatic carbocycles. The number of carbonyl (C=O) groups is 2. The number of hydrogen-bond acceptors (Lipinski definition) is 4. The molecule has 2 aromatic rings. The van der Waals surface area contributed by atoms with E-state index >= 15 is 0 Å². The zero-order chi connectivity index (χ0) is 20.2. The molecule has 4 rings (SSSR count). The van der Waals surface area contributed by atoms with Crippen LogP contribution in [0, 0.1) is 0 Å². The third kappa shape index (κ3) is 5.06. The zero-order valence-corrected chi connectivity index (χ0v) is 18.1. The summed E-state index contributed by atoms with van der Waals surface area (Å²) in [7, 11) is 0. The van der Waals surface area contributed by atoms with E-state index < -0.39 is 0 Å². The van der Waals surface area contributed by atoms with E-state index in [2.05, 4.69) is 55.3 Å². The lowest BCUT2D eigenvalue weighted by molar-refractivity contribution is -0.116. The Bertz CT molecular complexity index is 889. The number of fused-ring (bicyclic) bond motifs is 1. The van der Waals surface area contributed by atoms with Crippen LogP contribution in [0.3, 0.4) is 0 Å². The number of nitrogens with one attached hydrogen (secondary N) is 1. The molecule has 0 saturated carbocycles. The highest BCUT2D eigenvalue weighted by atomic mass is 79.9. The van der Waals surface area contributed by atoms with Gasteiger partial charge in [-0.05, 0) is 67.4 Å². The van der Waals surface area contributed by atoms with Gasteiger partial charge < -0.3 is 10.2 Å². The summed E-state index contributed by atoms with van der Waals surface area (Å²) in [5.74, 6) is 0.245. The van der Waals surface area contributed by atoms with Gasteiger partial charge in [0.15, 0.2) is 5.78 Å². The minimum atomic E-state index is 0.0526. The number of nitrogens with zero attached hydrogens (tertiary/aromatic N) is 2. The SMILES string of the molecule is O=C1CCc2cc(C(=O)CCCN3CCN(c4ccc(Br)cc4)CC3)ccc2N1. The summed E-state index contributed by atoms with van der Waals surface area (Å²) in [6, 6.07) is 14.1. The summed E-state index contributed by atoms with van der Waals surface area (Å²) in [5.41, 5.74) is 3.95. The fourth-order valence-corrected chi connectivity index (χ4v) is 4.31. The molecule has 0 spiro atoms. The lowest BCUT2D eigenvalue weighted by Gasteiger charge is -2.36. The van der Waals surface area contributed by atoms with E-state index in [1.165, 1.54) is 5.69 Å². The summed E-state index contributed by atoms with van der Waals surface area (Å²) >= 11 is 3.49. The minimum absolute atomic E-state index is 0.0526. The maximum Gasteiger partial charge on any atom is 0.224 e. The number of piperazine rings is 1. The van der Waals surface area contributed by atoms with Gasteiger partial charge in [-0.3, -0.25) is 14.5 Å². The highest BCUT2D eigenvalue weighted by Crippen LogP contribution is 2.24. The van der Waals surface area contributed by atoms with Crippen molar-refractivity contribution in [2.75, 3.05) is 42.9 Å². The molecule has 0 aromatic heterocycles. The van der Waals surface area contributed by atoms with Crippen molar-refractivity contribution in [1.29, 1.82) is 0 Å². The standard InChI is InChI=1S/C23H26BrN3O2/c24-19-5-7-20(8-6-19)27-14-12-26(13-15-27)11-1-2-22(28)18-3-9-21-17(16-18)4-10-23(29)25-21/h3,5-9,16H,1-2,4,10-15H2,(H,25,29). The minimum Gasteiger partial charge on any atom is -0.369 e. The molecule has 2 aliphatic rings. The van der Waals surface area contributed by atoms with Gasteiger partial charge in [-0.2, -0.15) is 0 Å². The lowest BCUT2D eigenvalue weighted by atomic mass is 9.97. The Kier molecular flexibility index (Phi) is 6.31. The van der Waals surface area contributed by atoms with Crippen molar-refractivity contribution >= 4 is 39.0 Å². The molecule has 0 atom stereocenters. The fraction of sp³-hybridized carbons (Fsp3) is 0.391. The topological polar surface area (TPSA) is 52.7 Å². The Balaban J connectivity index is 1.22. The Hall–Kier alpha value is -2.18. The molecule has 6 heteroatoms. The normalized spacial score (nSPS) is 17.0. The summed E-state index contributed by atoms with van der Waals surface area (Å²) in [4.78, 5) is 28.9. The first-order valence-corrected chi connectivity index (χ1v) is 11.1. The number of amides is 1. The van der Waals surface area contributed by atoms with E-state index in [9.17, 15) is 9.59 Å². The van der Waals surface area contributed by atoms with Crippen molar-refractivity contribution in [3.8, 4) is 0 Å². The van der Waals surface area contributed by atoms with E-state index in [4.69, 9.17) is 0 Å².